The molecule has 0 saturated carbocycles. The molecular weight excluding hydrogens is 274 g/mol. The Kier molecular flexibility index (Phi) is 4.64. The van der Waals surface area contributed by atoms with E-state index < -0.39 is 12.1 Å². The largest absolute Gasteiger partial charge is 0.454 e. The van der Waals surface area contributed by atoms with E-state index in [1.165, 1.54) is 7.05 Å². The van der Waals surface area contributed by atoms with Crippen LogP contribution < -0.4 is 20.1 Å². The molecule has 114 valence electrons. The standard InChI is InChI=1S/C14H19N3O4/c1-9(13(18)16-14(19)15-2)17(3)7-10-4-5-11-12(6-10)21-8-20-11/h4-6,9H,7-8H2,1-3H3,(H2,15,16,18,19). The average Bonchev–Trinajstić information content (AvgIpc) is 2.93. The van der Waals surface area contributed by atoms with E-state index in [0.717, 1.165) is 11.3 Å². The Bertz CT molecular complexity index is 547. The molecule has 3 amide bonds. The van der Waals surface area contributed by atoms with Crippen LogP contribution in [0.1, 0.15) is 12.5 Å². The summed E-state index contributed by atoms with van der Waals surface area (Å²) in [5, 5.41) is 4.61. The first-order valence-electron chi connectivity index (χ1n) is 6.62. The number of benzene rings is 1. The fourth-order valence-corrected chi connectivity index (χ4v) is 1.94. The SMILES string of the molecule is CNC(=O)NC(=O)C(C)N(C)Cc1ccc2c(c1)OCO2. The number of nitrogens with zero attached hydrogens (tertiary/aromatic N) is 1. The van der Waals surface area contributed by atoms with Gasteiger partial charge in [-0.25, -0.2) is 4.79 Å². The van der Waals surface area contributed by atoms with Crippen LogP contribution in [0.5, 0.6) is 11.5 Å². The maximum Gasteiger partial charge on any atom is 0.321 e. The molecule has 0 radical (unpaired) electrons. The van der Waals surface area contributed by atoms with Crippen molar-refractivity contribution >= 4 is 11.9 Å². The third-order valence-corrected chi connectivity index (χ3v) is 3.37. The van der Waals surface area contributed by atoms with Crippen LogP contribution in [-0.4, -0.2) is 43.8 Å². The van der Waals surface area contributed by atoms with E-state index in [0.29, 0.717) is 12.3 Å². The van der Waals surface area contributed by atoms with Gasteiger partial charge in [-0.1, -0.05) is 6.07 Å². The highest BCUT2D eigenvalue weighted by Gasteiger charge is 2.21. The van der Waals surface area contributed by atoms with Crippen molar-refractivity contribution in [2.24, 2.45) is 0 Å². The molecule has 0 bridgehead atoms. The summed E-state index contributed by atoms with van der Waals surface area (Å²) in [6.07, 6.45) is 0. The van der Waals surface area contributed by atoms with Gasteiger partial charge in [0.15, 0.2) is 11.5 Å². The molecule has 2 N–H and O–H groups in total. The summed E-state index contributed by atoms with van der Waals surface area (Å²) in [4.78, 5) is 24.9. The molecule has 0 spiro atoms. The maximum atomic E-state index is 11.9. The second-order valence-electron chi connectivity index (χ2n) is 4.85. The van der Waals surface area contributed by atoms with Crippen molar-refractivity contribution < 1.29 is 19.1 Å². The van der Waals surface area contributed by atoms with Crippen LogP contribution in [0.25, 0.3) is 0 Å². The molecule has 1 aromatic rings. The molecule has 7 heteroatoms. The molecule has 1 aliphatic heterocycles. The molecule has 0 saturated heterocycles. The van der Waals surface area contributed by atoms with E-state index in [9.17, 15) is 9.59 Å². The van der Waals surface area contributed by atoms with Crippen molar-refractivity contribution in [2.45, 2.75) is 19.5 Å². The molecule has 21 heavy (non-hydrogen) atoms. The van der Waals surface area contributed by atoms with Crippen molar-refractivity contribution in [3.8, 4) is 11.5 Å². The number of nitrogens with one attached hydrogen (secondary N) is 2. The highest BCUT2D eigenvalue weighted by molar-refractivity contribution is 5.96. The van der Waals surface area contributed by atoms with Crippen LogP contribution in [0, 0.1) is 0 Å². The lowest BCUT2D eigenvalue weighted by molar-refractivity contribution is -0.124. The minimum atomic E-state index is -0.511. The van der Waals surface area contributed by atoms with Crippen LogP contribution in [0.15, 0.2) is 18.2 Å². The molecule has 1 aromatic carbocycles. The van der Waals surface area contributed by atoms with Gasteiger partial charge < -0.3 is 14.8 Å². The summed E-state index contributed by atoms with van der Waals surface area (Å²) in [6, 6.07) is 4.71. The van der Waals surface area contributed by atoms with Crippen molar-refractivity contribution in [1.29, 1.82) is 0 Å². The smallest absolute Gasteiger partial charge is 0.321 e. The number of carbonyl (C=O) groups excluding carboxylic acids is 2. The minimum Gasteiger partial charge on any atom is -0.454 e. The fourth-order valence-electron chi connectivity index (χ4n) is 1.94. The van der Waals surface area contributed by atoms with E-state index in [-0.39, 0.29) is 12.7 Å². The van der Waals surface area contributed by atoms with Gasteiger partial charge in [0, 0.05) is 13.6 Å². The van der Waals surface area contributed by atoms with Crippen LogP contribution in [0.4, 0.5) is 4.79 Å². The minimum absolute atomic E-state index is 0.236. The quantitative estimate of drug-likeness (QED) is 0.854. The Labute approximate surface area is 123 Å². The Morgan fingerprint density at radius 2 is 2.05 bits per heavy atom. The molecular formula is C14H19N3O4. The van der Waals surface area contributed by atoms with E-state index in [1.807, 2.05) is 30.1 Å². The molecule has 0 fully saturated rings. The number of imide groups is 1. The zero-order valence-electron chi connectivity index (χ0n) is 12.3. The molecule has 1 atom stereocenters. The number of hydrogen-bond acceptors (Lipinski definition) is 5. The number of rotatable bonds is 4. The third kappa shape index (κ3) is 3.63. The summed E-state index contributed by atoms with van der Waals surface area (Å²) in [5.74, 6) is 1.09. The number of likely N-dealkylation sites (N-methyl/N-ethyl adjacent to an activating group) is 1. The van der Waals surface area contributed by atoms with Gasteiger partial charge in [-0.15, -0.1) is 0 Å². The van der Waals surface area contributed by atoms with Crippen molar-refractivity contribution in [3.05, 3.63) is 23.8 Å². The highest BCUT2D eigenvalue weighted by atomic mass is 16.7. The third-order valence-electron chi connectivity index (χ3n) is 3.37. The van der Waals surface area contributed by atoms with E-state index in [4.69, 9.17) is 9.47 Å². The highest BCUT2D eigenvalue weighted by Crippen LogP contribution is 2.32. The first kappa shape index (κ1) is 15.1. The van der Waals surface area contributed by atoms with Gasteiger partial charge >= 0.3 is 6.03 Å². The second kappa shape index (κ2) is 6.45. The molecule has 0 aromatic heterocycles. The van der Waals surface area contributed by atoms with Gasteiger partial charge in [0.25, 0.3) is 0 Å². The first-order chi connectivity index (χ1) is 10.0. The average molecular weight is 293 g/mol. The van der Waals surface area contributed by atoms with Gasteiger partial charge in [0.2, 0.25) is 12.7 Å². The van der Waals surface area contributed by atoms with Gasteiger partial charge in [-0.3, -0.25) is 15.0 Å². The fraction of sp³-hybridized carbons (Fsp3) is 0.429. The molecule has 7 nitrogen and oxygen atoms in total. The zero-order valence-corrected chi connectivity index (χ0v) is 12.3. The summed E-state index contributed by atoms with van der Waals surface area (Å²) in [6.45, 7) is 2.53. The molecule has 1 aliphatic rings. The second-order valence-corrected chi connectivity index (χ2v) is 4.85. The van der Waals surface area contributed by atoms with Crippen LogP contribution in [-0.2, 0) is 11.3 Å². The topological polar surface area (TPSA) is 79.9 Å². The van der Waals surface area contributed by atoms with Gasteiger partial charge in [-0.2, -0.15) is 0 Å². The predicted octanol–water partition coefficient (Wildman–Crippen LogP) is 0.691. The van der Waals surface area contributed by atoms with Gasteiger partial charge in [0.05, 0.1) is 6.04 Å². The summed E-state index contributed by atoms with van der Waals surface area (Å²) in [5.41, 5.74) is 1.00. The number of hydrogen-bond donors (Lipinski definition) is 2. The lowest BCUT2D eigenvalue weighted by Crippen LogP contribution is -2.47. The van der Waals surface area contributed by atoms with E-state index in [1.54, 1.807) is 6.92 Å². The predicted molar refractivity (Wildman–Crippen MR) is 76.1 cm³/mol. The normalized spacial score (nSPS) is 13.9. The summed E-state index contributed by atoms with van der Waals surface area (Å²) in [7, 11) is 3.28. The Balaban J connectivity index is 1.95. The Morgan fingerprint density at radius 3 is 2.76 bits per heavy atom. The van der Waals surface area contributed by atoms with Crippen molar-refractivity contribution in [2.75, 3.05) is 20.9 Å². The molecule has 0 aliphatic carbocycles. The van der Waals surface area contributed by atoms with Crippen LogP contribution in [0.2, 0.25) is 0 Å². The Hall–Kier alpha value is -2.28. The number of fused-ring (bicyclic) bond motifs is 1. The molecule has 1 heterocycles. The van der Waals surface area contributed by atoms with Crippen LogP contribution >= 0.6 is 0 Å². The van der Waals surface area contributed by atoms with E-state index >= 15 is 0 Å². The lowest BCUT2D eigenvalue weighted by atomic mass is 10.1. The van der Waals surface area contributed by atoms with Crippen molar-refractivity contribution in [1.82, 2.24) is 15.5 Å². The number of carbonyl (C=O) groups is 2. The number of amides is 3. The first-order valence-corrected chi connectivity index (χ1v) is 6.62. The lowest BCUT2D eigenvalue weighted by Gasteiger charge is -2.23. The number of ether oxygens (including phenoxy) is 2. The molecule has 2 rings (SSSR count). The van der Waals surface area contributed by atoms with E-state index in [2.05, 4.69) is 10.6 Å². The van der Waals surface area contributed by atoms with Crippen molar-refractivity contribution in [3.63, 3.8) is 0 Å². The van der Waals surface area contributed by atoms with Crippen LogP contribution in [0.3, 0.4) is 0 Å². The molecule has 1 unspecified atom stereocenters. The monoisotopic (exact) mass is 293 g/mol. The zero-order chi connectivity index (χ0) is 15.4. The number of urea groups is 1. The summed E-state index contributed by atoms with van der Waals surface area (Å²) < 4.78 is 10.6. The van der Waals surface area contributed by atoms with Gasteiger partial charge in [-0.05, 0) is 31.7 Å². The Morgan fingerprint density at radius 1 is 1.33 bits per heavy atom. The summed E-state index contributed by atoms with van der Waals surface area (Å²) >= 11 is 0. The van der Waals surface area contributed by atoms with Gasteiger partial charge in [0.1, 0.15) is 0 Å². The maximum absolute atomic E-state index is 11.9.